The van der Waals surface area contributed by atoms with Gasteiger partial charge < -0.3 is 16.0 Å². The fraction of sp³-hybridized carbons (Fsp3) is 0.545. The Hall–Kier alpha value is -1.45. The Bertz CT molecular complexity index is 341. The maximum Gasteiger partial charge on any atom is 0.267 e. The summed E-state index contributed by atoms with van der Waals surface area (Å²) in [6.45, 7) is 7.02. The maximum absolute atomic E-state index is 11.6. The zero-order chi connectivity index (χ0) is 11.5. The van der Waals surface area contributed by atoms with Crippen LogP contribution in [0.25, 0.3) is 0 Å². The second kappa shape index (κ2) is 4.38. The lowest BCUT2D eigenvalue weighted by Crippen LogP contribution is -2.33. The first-order valence-electron chi connectivity index (χ1n) is 5.17. The van der Waals surface area contributed by atoms with Crippen molar-refractivity contribution in [1.82, 2.24) is 10.3 Å². The number of carbonyl (C=O) groups excluding carboxylic acids is 1. The van der Waals surface area contributed by atoms with Crippen LogP contribution >= 0.6 is 0 Å². The summed E-state index contributed by atoms with van der Waals surface area (Å²) in [5.74, 6) is -0.103. The molecule has 1 aromatic heterocycles. The van der Waals surface area contributed by atoms with Crippen LogP contribution < -0.4 is 11.1 Å². The minimum absolute atomic E-state index is 0.103. The van der Waals surface area contributed by atoms with Gasteiger partial charge in [-0.25, -0.2) is 0 Å². The average Bonchev–Trinajstić information content (AvgIpc) is 2.61. The van der Waals surface area contributed by atoms with Gasteiger partial charge in [-0.1, -0.05) is 20.8 Å². The number of hydrogen-bond donors (Lipinski definition) is 3. The fourth-order valence-electron chi connectivity index (χ4n) is 1.08. The van der Waals surface area contributed by atoms with E-state index < -0.39 is 0 Å². The fourth-order valence-corrected chi connectivity index (χ4v) is 1.08. The third-order valence-corrected chi connectivity index (χ3v) is 2.63. The van der Waals surface area contributed by atoms with Crippen LogP contribution in [-0.4, -0.2) is 17.4 Å². The number of nitrogen functional groups attached to an aromatic ring is 1. The van der Waals surface area contributed by atoms with Gasteiger partial charge in [0, 0.05) is 18.4 Å². The summed E-state index contributed by atoms with van der Waals surface area (Å²) in [7, 11) is 0. The quantitative estimate of drug-likeness (QED) is 0.707. The zero-order valence-electron chi connectivity index (χ0n) is 9.55. The van der Waals surface area contributed by atoms with Crippen LogP contribution in [0.15, 0.2) is 12.3 Å². The van der Waals surface area contributed by atoms with E-state index in [-0.39, 0.29) is 11.3 Å². The van der Waals surface area contributed by atoms with E-state index in [0.29, 0.717) is 17.9 Å². The lowest BCUT2D eigenvalue weighted by Gasteiger charge is -2.22. The Morgan fingerprint density at radius 2 is 2.27 bits per heavy atom. The minimum atomic E-state index is -0.103. The first kappa shape index (κ1) is 11.6. The third-order valence-electron chi connectivity index (χ3n) is 2.63. The summed E-state index contributed by atoms with van der Waals surface area (Å²) in [5.41, 5.74) is 6.74. The van der Waals surface area contributed by atoms with Crippen LogP contribution in [0.5, 0.6) is 0 Å². The molecule has 4 nitrogen and oxygen atoms in total. The lowest BCUT2D eigenvalue weighted by atomic mass is 9.90. The standard InChI is InChI=1S/C11H19N3O/c1-4-11(2,3)7-14-10(15)9-5-8(12)6-13-9/h5-6,13H,4,7,12H2,1-3H3,(H,14,15). The van der Waals surface area contributed by atoms with Crippen LogP contribution in [0.1, 0.15) is 37.7 Å². The van der Waals surface area contributed by atoms with Crippen molar-refractivity contribution in [2.45, 2.75) is 27.2 Å². The van der Waals surface area contributed by atoms with E-state index in [0.717, 1.165) is 6.42 Å². The average molecular weight is 209 g/mol. The Kier molecular flexibility index (Phi) is 3.39. The van der Waals surface area contributed by atoms with E-state index in [4.69, 9.17) is 5.73 Å². The number of nitrogens with one attached hydrogen (secondary N) is 2. The lowest BCUT2D eigenvalue weighted by molar-refractivity contribution is 0.0931. The van der Waals surface area contributed by atoms with Crippen molar-refractivity contribution < 1.29 is 4.79 Å². The van der Waals surface area contributed by atoms with Crippen LogP contribution in [0.3, 0.4) is 0 Å². The SMILES string of the molecule is CCC(C)(C)CNC(=O)c1cc(N)c[nH]1. The normalized spacial score (nSPS) is 11.4. The molecule has 1 heterocycles. The van der Waals surface area contributed by atoms with Crippen molar-refractivity contribution in [3.05, 3.63) is 18.0 Å². The number of H-pyrrole nitrogens is 1. The van der Waals surface area contributed by atoms with Crippen LogP contribution in [0.2, 0.25) is 0 Å². The molecule has 84 valence electrons. The number of nitrogens with two attached hydrogens (primary N) is 1. The topological polar surface area (TPSA) is 70.9 Å². The molecule has 0 unspecified atom stereocenters. The number of carbonyl (C=O) groups is 1. The van der Waals surface area contributed by atoms with E-state index in [2.05, 4.69) is 31.1 Å². The van der Waals surface area contributed by atoms with Crippen molar-refractivity contribution in [3.8, 4) is 0 Å². The minimum Gasteiger partial charge on any atom is -0.397 e. The predicted octanol–water partition coefficient (Wildman–Crippen LogP) is 1.76. The van der Waals surface area contributed by atoms with Gasteiger partial charge in [0.2, 0.25) is 0 Å². The van der Waals surface area contributed by atoms with E-state index in [1.807, 2.05) is 0 Å². The molecule has 0 bridgehead atoms. The highest BCUT2D eigenvalue weighted by Gasteiger charge is 2.17. The molecule has 0 aliphatic rings. The molecule has 4 N–H and O–H groups in total. The number of amides is 1. The molecule has 0 saturated carbocycles. The van der Waals surface area contributed by atoms with Crippen molar-refractivity contribution in [2.24, 2.45) is 5.41 Å². The molecule has 4 heteroatoms. The summed E-state index contributed by atoms with van der Waals surface area (Å²) < 4.78 is 0. The summed E-state index contributed by atoms with van der Waals surface area (Å²) in [6, 6.07) is 1.63. The third kappa shape index (κ3) is 3.31. The van der Waals surface area contributed by atoms with Crippen LogP contribution in [0.4, 0.5) is 5.69 Å². The van der Waals surface area contributed by atoms with E-state index in [1.165, 1.54) is 0 Å². The van der Waals surface area contributed by atoms with Gasteiger partial charge in [0.1, 0.15) is 5.69 Å². The second-order valence-electron chi connectivity index (χ2n) is 4.55. The Morgan fingerprint density at radius 1 is 1.60 bits per heavy atom. The first-order chi connectivity index (χ1) is 6.94. The van der Waals surface area contributed by atoms with Crippen molar-refractivity contribution in [2.75, 3.05) is 12.3 Å². The highest BCUT2D eigenvalue weighted by Crippen LogP contribution is 2.17. The molecule has 0 aliphatic heterocycles. The van der Waals surface area contributed by atoms with E-state index in [9.17, 15) is 4.79 Å². The first-order valence-corrected chi connectivity index (χ1v) is 5.17. The second-order valence-corrected chi connectivity index (χ2v) is 4.55. The Balaban J connectivity index is 2.50. The van der Waals surface area contributed by atoms with Crippen molar-refractivity contribution >= 4 is 11.6 Å². The predicted molar refractivity (Wildman–Crippen MR) is 61.6 cm³/mol. The molecule has 15 heavy (non-hydrogen) atoms. The zero-order valence-corrected chi connectivity index (χ0v) is 9.55. The number of rotatable bonds is 4. The van der Waals surface area contributed by atoms with Gasteiger partial charge in [-0.05, 0) is 17.9 Å². The largest absolute Gasteiger partial charge is 0.397 e. The summed E-state index contributed by atoms with van der Waals surface area (Å²) in [4.78, 5) is 14.4. The van der Waals surface area contributed by atoms with Crippen molar-refractivity contribution in [1.29, 1.82) is 0 Å². The van der Waals surface area contributed by atoms with Crippen molar-refractivity contribution in [3.63, 3.8) is 0 Å². The smallest absolute Gasteiger partial charge is 0.267 e. The Morgan fingerprint density at radius 3 is 2.73 bits per heavy atom. The van der Waals surface area contributed by atoms with Gasteiger partial charge in [0.25, 0.3) is 5.91 Å². The number of aromatic nitrogens is 1. The van der Waals surface area contributed by atoms with Gasteiger partial charge in [-0.3, -0.25) is 4.79 Å². The van der Waals surface area contributed by atoms with E-state index in [1.54, 1.807) is 12.3 Å². The number of aromatic amines is 1. The molecule has 0 spiro atoms. The summed E-state index contributed by atoms with van der Waals surface area (Å²) in [5, 5.41) is 2.88. The molecule has 0 aromatic carbocycles. The molecule has 0 atom stereocenters. The van der Waals surface area contributed by atoms with Gasteiger partial charge in [0.05, 0.1) is 0 Å². The molecule has 0 saturated heterocycles. The molecule has 1 amide bonds. The van der Waals surface area contributed by atoms with Crippen LogP contribution in [0, 0.1) is 5.41 Å². The molecular weight excluding hydrogens is 190 g/mol. The number of anilines is 1. The molecular formula is C11H19N3O. The summed E-state index contributed by atoms with van der Waals surface area (Å²) >= 11 is 0. The molecule has 0 fully saturated rings. The molecule has 0 radical (unpaired) electrons. The van der Waals surface area contributed by atoms with Gasteiger partial charge in [0.15, 0.2) is 0 Å². The number of hydrogen-bond acceptors (Lipinski definition) is 2. The van der Waals surface area contributed by atoms with Crippen LogP contribution in [-0.2, 0) is 0 Å². The highest BCUT2D eigenvalue weighted by molar-refractivity contribution is 5.93. The maximum atomic E-state index is 11.6. The van der Waals surface area contributed by atoms with E-state index >= 15 is 0 Å². The van der Waals surface area contributed by atoms with Gasteiger partial charge >= 0.3 is 0 Å². The summed E-state index contributed by atoms with van der Waals surface area (Å²) in [6.07, 6.45) is 2.64. The highest BCUT2D eigenvalue weighted by atomic mass is 16.1. The monoisotopic (exact) mass is 209 g/mol. The Labute approximate surface area is 90.2 Å². The molecule has 1 rings (SSSR count). The molecule has 1 aromatic rings. The van der Waals surface area contributed by atoms with Gasteiger partial charge in [-0.15, -0.1) is 0 Å². The molecule has 0 aliphatic carbocycles. The van der Waals surface area contributed by atoms with Gasteiger partial charge in [-0.2, -0.15) is 0 Å².